The first-order valence-corrected chi connectivity index (χ1v) is 8.97. The Bertz CT molecular complexity index is 644. The summed E-state index contributed by atoms with van der Waals surface area (Å²) in [5.41, 5.74) is 1.24. The quantitative estimate of drug-likeness (QED) is 0.811. The smallest absolute Gasteiger partial charge is 0.120 e. The van der Waals surface area contributed by atoms with Crippen molar-refractivity contribution in [3.63, 3.8) is 0 Å². The number of rotatable bonds is 8. The van der Waals surface area contributed by atoms with E-state index in [4.69, 9.17) is 4.74 Å². The molecule has 0 aliphatic carbocycles. The molecule has 0 bridgehead atoms. The number of nitrogens with zero attached hydrogens (tertiary/aromatic N) is 1. The van der Waals surface area contributed by atoms with Crippen LogP contribution in [0.15, 0.2) is 36.4 Å². The van der Waals surface area contributed by atoms with E-state index in [1.807, 2.05) is 20.2 Å². The highest BCUT2D eigenvalue weighted by Gasteiger charge is 2.01. The summed E-state index contributed by atoms with van der Waals surface area (Å²) in [5, 5.41) is 2.38. The molecule has 2 rings (SSSR count). The van der Waals surface area contributed by atoms with Crippen molar-refractivity contribution in [1.82, 2.24) is 9.62 Å². The molecular weight excluding hydrogens is 296 g/mol. The van der Waals surface area contributed by atoms with Gasteiger partial charge in [-0.1, -0.05) is 24.3 Å². The largest absolute Gasteiger partial charge is 0.492 e. The Morgan fingerprint density at radius 3 is 2.59 bits per heavy atom. The molecule has 0 aliphatic rings. The standard InChI is InChI=1S/C17H24N2O2S/c1-19(2)10-11-21-17-7-6-15-12-14(4-5-16(15)13-17)8-9-18-22(3)20/h4-7,12-13,18H,8-11H2,1-3H3. The molecule has 0 heterocycles. The Labute approximate surface area is 135 Å². The van der Waals surface area contributed by atoms with Gasteiger partial charge in [-0.05, 0) is 49.0 Å². The zero-order valence-electron chi connectivity index (χ0n) is 13.5. The van der Waals surface area contributed by atoms with Crippen LogP contribution in [0.4, 0.5) is 0 Å². The highest BCUT2D eigenvalue weighted by molar-refractivity contribution is 7.82. The van der Waals surface area contributed by atoms with Crippen LogP contribution in [-0.2, 0) is 17.4 Å². The molecular formula is C17H24N2O2S. The van der Waals surface area contributed by atoms with E-state index >= 15 is 0 Å². The van der Waals surface area contributed by atoms with E-state index in [1.165, 1.54) is 16.3 Å². The molecule has 0 radical (unpaired) electrons. The number of likely N-dealkylation sites (N-methyl/N-ethyl adjacent to an activating group) is 1. The molecule has 4 nitrogen and oxygen atoms in total. The third-order valence-corrected chi connectivity index (χ3v) is 4.01. The first-order chi connectivity index (χ1) is 10.5. The SMILES string of the molecule is CN(C)CCOc1ccc2cc(CCNS(C)=O)ccc2c1. The summed E-state index contributed by atoms with van der Waals surface area (Å²) in [6.07, 6.45) is 2.52. The minimum absolute atomic E-state index is 0.691. The van der Waals surface area contributed by atoms with Gasteiger partial charge in [-0.2, -0.15) is 0 Å². The fourth-order valence-corrected chi connectivity index (χ4v) is 2.59. The first-order valence-electron chi connectivity index (χ1n) is 7.42. The minimum atomic E-state index is -0.946. The molecule has 0 aliphatic heterocycles. The molecule has 0 fully saturated rings. The van der Waals surface area contributed by atoms with Gasteiger partial charge in [-0.3, -0.25) is 0 Å². The van der Waals surface area contributed by atoms with Gasteiger partial charge in [0, 0.05) is 19.3 Å². The van der Waals surface area contributed by atoms with E-state index in [0.29, 0.717) is 6.61 Å². The highest BCUT2D eigenvalue weighted by Crippen LogP contribution is 2.22. The molecule has 2 aromatic rings. The van der Waals surface area contributed by atoms with Crippen molar-refractivity contribution >= 4 is 21.8 Å². The number of hydrogen-bond acceptors (Lipinski definition) is 3. The Balaban J connectivity index is 2.00. The van der Waals surface area contributed by atoms with E-state index in [2.05, 4.69) is 40.0 Å². The lowest BCUT2D eigenvalue weighted by Crippen LogP contribution is -2.19. The van der Waals surface area contributed by atoms with Crippen LogP contribution in [-0.4, -0.2) is 49.2 Å². The Hall–Kier alpha value is -1.43. The average Bonchev–Trinajstić information content (AvgIpc) is 2.46. The predicted octanol–water partition coefficient (Wildman–Crippen LogP) is 2.21. The van der Waals surface area contributed by atoms with Gasteiger partial charge in [-0.15, -0.1) is 0 Å². The summed E-state index contributed by atoms with van der Waals surface area (Å²) >= 11 is 0. The van der Waals surface area contributed by atoms with Crippen molar-refractivity contribution in [3.05, 3.63) is 42.0 Å². The summed E-state index contributed by atoms with van der Waals surface area (Å²) in [7, 11) is 3.13. The van der Waals surface area contributed by atoms with E-state index in [0.717, 1.165) is 25.3 Å². The Morgan fingerprint density at radius 1 is 1.14 bits per heavy atom. The molecule has 120 valence electrons. The van der Waals surface area contributed by atoms with Crippen molar-refractivity contribution in [2.45, 2.75) is 6.42 Å². The van der Waals surface area contributed by atoms with Gasteiger partial charge in [0.25, 0.3) is 0 Å². The van der Waals surface area contributed by atoms with Gasteiger partial charge in [0.1, 0.15) is 12.4 Å². The van der Waals surface area contributed by atoms with Crippen LogP contribution in [0.1, 0.15) is 5.56 Å². The summed E-state index contributed by atoms with van der Waals surface area (Å²) < 4.78 is 19.7. The van der Waals surface area contributed by atoms with E-state index in [1.54, 1.807) is 6.26 Å². The Kier molecular flexibility index (Phi) is 6.36. The molecule has 1 atom stereocenters. The molecule has 0 aromatic heterocycles. The summed E-state index contributed by atoms with van der Waals surface area (Å²) in [6.45, 7) is 2.32. The molecule has 1 N–H and O–H groups in total. The van der Waals surface area contributed by atoms with Crippen LogP contribution in [0.2, 0.25) is 0 Å². The predicted molar refractivity (Wildman–Crippen MR) is 93.8 cm³/mol. The second-order valence-corrected chi connectivity index (χ2v) is 6.79. The van der Waals surface area contributed by atoms with Gasteiger partial charge >= 0.3 is 0 Å². The van der Waals surface area contributed by atoms with Gasteiger partial charge < -0.3 is 9.64 Å². The lowest BCUT2D eigenvalue weighted by atomic mass is 10.0. The second kappa shape index (κ2) is 8.27. The molecule has 0 amide bonds. The molecule has 0 spiro atoms. The molecule has 0 saturated carbocycles. The van der Waals surface area contributed by atoms with Crippen molar-refractivity contribution in [1.29, 1.82) is 0 Å². The van der Waals surface area contributed by atoms with E-state index in [9.17, 15) is 4.21 Å². The fraction of sp³-hybridized carbons (Fsp3) is 0.412. The van der Waals surface area contributed by atoms with Crippen LogP contribution in [0.5, 0.6) is 5.75 Å². The van der Waals surface area contributed by atoms with Crippen molar-refractivity contribution in [2.24, 2.45) is 0 Å². The number of hydrogen-bond donors (Lipinski definition) is 1. The Morgan fingerprint density at radius 2 is 1.86 bits per heavy atom. The minimum Gasteiger partial charge on any atom is -0.492 e. The lowest BCUT2D eigenvalue weighted by molar-refractivity contribution is 0.261. The van der Waals surface area contributed by atoms with Gasteiger partial charge in [-0.25, -0.2) is 8.93 Å². The average molecular weight is 320 g/mol. The van der Waals surface area contributed by atoms with E-state index in [-0.39, 0.29) is 0 Å². The van der Waals surface area contributed by atoms with Crippen molar-refractivity contribution in [2.75, 3.05) is 40.0 Å². The van der Waals surface area contributed by atoms with Crippen LogP contribution in [0.3, 0.4) is 0 Å². The summed E-state index contributed by atoms with van der Waals surface area (Å²) in [4.78, 5) is 2.10. The molecule has 2 aromatic carbocycles. The van der Waals surface area contributed by atoms with Crippen LogP contribution in [0.25, 0.3) is 10.8 Å². The monoisotopic (exact) mass is 320 g/mol. The maximum absolute atomic E-state index is 11.0. The number of benzene rings is 2. The normalized spacial score (nSPS) is 12.7. The van der Waals surface area contributed by atoms with Crippen LogP contribution >= 0.6 is 0 Å². The van der Waals surface area contributed by atoms with Crippen molar-refractivity contribution in [3.8, 4) is 5.75 Å². The zero-order valence-corrected chi connectivity index (χ0v) is 14.3. The number of nitrogens with one attached hydrogen (secondary N) is 1. The molecule has 0 saturated heterocycles. The second-order valence-electron chi connectivity index (χ2n) is 5.59. The van der Waals surface area contributed by atoms with Crippen LogP contribution in [0, 0.1) is 0 Å². The maximum atomic E-state index is 11.0. The summed E-state index contributed by atoms with van der Waals surface area (Å²) in [5.74, 6) is 0.908. The number of fused-ring (bicyclic) bond motifs is 1. The van der Waals surface area contributed by atoms with Gasteiger partial charge in [0.2, 0.25) is 0 Å². The third kappa shape index (κ3) is 5.40. The fourth-order valence-electron chi connectivity index (χ4n) is 2.20. The van der Waals surface area contributed by atoms with E-state index < -0.39 is 11.0 Å². The van der Waals surface area contributed by atoms with Crippen molar-refractivity contribution < 1.29 is 8.95 Å². The lowest BCUT2D eigenvalue weighted by Gasteiger charge is -2.11. The third-order valence-electron chi connectivity index (χ3n) is 3.40. The van der Waals surface area contributed by atoms with Gasteiger partial charge in [0.05, 0.1) is 11.0 Å². The highest BCUT2D eigenvalue weighted by atomic mass is 32.2. The number of ether oxygens (including phenoxy) is 1. The molecule has 22 heavy (non-hydrogen) atoms. The zero-order chi connectivity index (χ0) is 15.9. The molecule has 5 heteroatoms. The topological polar surface area (TPSA) is 41.6 Å². The first kappa shape index (κ1) is 16.9. The summed E-state index contributed by atoms with van der Waals surface area (Å²) in [6, 6.07) is 12.6. The maximum Gasteiger partial charge on any atom is 0.120 e. The molecule has 1 unspecified atom stereocenters. The van der Waals surface area contributed by atoms with Gasteiger partial charge in [0.15, 0.2) is 0 Å². The van der Waals surface area contributed by atoms with Crippen LogP contribution < -0.4 is 9.46 Å².